The summed E-state index contributed by atoms with van der Waals surface area (Å²) in [7, 11) is 0. The van der Waals surface area contributed by atoms with E-state index in [0.29, 0.717) is 17.6 Å². The molecule has 2 N–H and O–H groups in total. The minimum atomic E-state index is 0.0531. The van der Waals surface area contributed by atoms with Crippen LogP contribution in [-0.2, 0) is 5.41 Å². The fourth-order valence-corrected chi connectivity index (χ4v) is 3.64. The maximum atomic E-state index is 5.98. The number of nitrogens with two attached hydrogens (primary N) is 1. The summed E-state index contributed by atoms with van der Waals surface area (Å²) in [5, 5.41) is 3.14. The fourth-order valence-electron chi connectivity index (χ4n) is 2.75. The standard InChI is InChI=1S/C16H22N4S/c1-16(2,3)15-19-12(9-21-15)14-18-11(8-13(17)20-14)10-6-4-5-7-10/h8-10H,4-7H2,1-3H3,(H2,17,18,20). The van der Waals surface area contributed by atoms with Crippen LogP contribution in [0.5, 0.6) is 0 Å². The van der Waals surface area contributed by atoms with E-state index in [1.165, 1.54) is 25.7 Å². The molecule has 2 heterocycles. The lowest BCUT2D eigenvalue weighted by atomic mass is 9.98. The van der Waals surface area contributed by atoms with Gasteiger partial charge in [0, 0.05) is 28.5 Å². The van der Waals surface area contributed by atoms with E-state index >= 15 is 0 Å². The largest absolute Gasteiger partial charge is 0.384 e. The predicted molar refractivity (Wildman–Crippen MR) is 87.5 cm³/mol. The van der Waals surface area contributed by atoms with Crippen molar-refractivity contribution in [3.8, 4) is 11.5 Å². The number of rotatable bonds is 2. The van der Waals surface area contributed by atoms with Gasteiger partial charge in [0.25, 0.3) is 0 Å². The molecule has 5 heteroatoms. The first-order valence-corrected chi connectivity index (χ1v) is 8.42. The van der Waals surface area contributed by atoms with Gasteiger partial charge < -0.3 is 5.73 Å². The molecule has 0 radical (unpaired) electrons. The number of thiazole rings is 1. The summed E-state index contributed by atoms with van der Waals surface area (Å²) < 4.78 is 0. The minimum Gasteiger partial charge on any atom is -0.384 e. The van der Waals surface area contributed by atoms with Crippen LogP contribution in [0, 0.1) is 0 Å². The number of aromatic nitrogens is 3. The molecule has 3 rings (SSSR count). The van der Waals surface area contributed by atoms with E-state index < -0.39 is 0 Å². The van der Waals surface area contributed by atoms with Gasteiger partial charge in [0.2, 0.25) is 0 Å². The van der Waals surface area contributed by atoms with E-state index in [1.807, 2.05) is 11.4 Å². The third-order valence-corrected chi connectivity index (χ3v) is 5.18. The van der Waals surface area contributed by atoms with Crippen molar-refractivity contribution in [1.29, 1.82) is 0 Å². The molecule has 0 atom stereocenters. The molecule has 1 aliphatic rings. The van der Waals surface area contributed by atoms with Crippen molar-refractivity contribution in [3.05, 3.63) is 22.1 Å². The molecule has 0 amide bonds. The second-order valence-corrected chi connectivity index (χ2v) is 7.67. The van der Waals surface area contributed by atoms with E-state index in [2.05, 4.69) is 25.8 Å². The number of nitrogens with zero attached hydrogens (tertiary/aromatic N) is 3. The lowest BCUT2D eigenvalue weighted by Gasteiger charge is -2.13. The Labute approximate surface area is 129 Å². The SMILES string of the molecule is CC(C)(C)c1nc(-c2nc(N)cc(C3CCCC3)n2)cs1. The molecule has 1 aliphatic carbocycles. The third-order valence-electron chi connectivity index (χ3n) is 3.91. The molecule has 2 aromatic heterocycles. The highest BCUT2D eigenvalue weighted by Gasteiger charge is 2.22. The summed E-state index contributed by atoms with van der Waals surface area (Å²) in [6.07, 6.45) is 4.99. The van der Waals surface area contributed by atoms with E-state index in [-0.39, 0.29) is 5.41 Å². The summed E-state index contributed by atoms with van der Waals surface area (Å²) in [6, 6.07) is 1.93. The second-order valence-electron chi connectivity index (χ2n) is 6.81. The third kappa shape index (κ3) is 3.07. The van der Waals surface area contributed by atoms with Crippen LogP contribution in [0.3, 0.4) is 0 Å². The Bertz CT molecular complexity index is 636. The van der Waals surface area contributed by atoms with Crippen LogP contribution in [0.25, 0.3) is 11.5 Å². The minimum absolute atomic E-state index is 0.0531. The zero-order valence-corrected chi connectivity index (χ0v) is 13.7. The zero-order chi connectivity index (χ0) is 15.0. The van der Waals surface area contributed by atoms with Gasteiger partial charge in [-0.3, -0.25) is 0 Å². The predicted octanol–water partition coefficient (Wildman–Crippen LogP) is 4.14. The molecule has 0 spiro atoms. The van der Waals surface area contributed by atoms with Gasteiger partial charge in [-0.15, -0.1) is 11.3 Å². The highest BCUT2D eigenvalue weighted by atomic mass is 32.1. The molecule has 1 saturated carbocycles. The van der Waals surface area contributed by atoms with Crippen molar-refractivity contribution in [1.82, 2.24) is 15.0 Å². The maximum Gasteiger partial charge on any atom is 0.181 e. The first-order chi connectivity index (χ1) is 9.93. The van der Waals surface area contributed by atoms with Gasteiger partial charge in [-0.25, -0.2) is 15.0 Å². The Kier molecular flexibility index (Phi) is 3.69. The molecule has 0 bridgehead atoms. The average molecular weight is 302 g/mol. The molecule has 0 aliphatic heterocycles. The van der Waals surface area contributed by atoms with E-state index in [0.717, 1.165) is 16.4 Å². The van der Waals surface area contributed by atoms with Crippen LogP contribution in [-0.4, -0.2) is 15.0 Å². The molecular formula is C16H22N4S. The first kappa shape index (κ1) is 14.4. The van der Waals surface area contributed by atoms with Crippen molar-refractivity contribution < 1.29 is 0 Å². The van der Waals surface area contributed by atoms with E-state index in [9.17, 15) is 0 Å². The summed E-state index contributed by atoms with van der Waals surface area (Å²) >= 11 is 1.66. The molecule has 1 fully saturated rings. The molecule has 0 aromatic carbocycles. The van der Waals surface area contributed by atoms with Crippen molar-refractivity contribution in [2.75, 3.05) is 5.73 Å². The van der Waals surface area contributed by atoms with Crippen molar-refractivity contribution in [2.45, 2.75) is 57.8 Å². The number of anilines is 1. The molecule has 112 valence electrons. The van der Waals surface area contributed by atoms with Crippen LogP contribution < -0.4 is 5.73 Å². The summed E-state index contributed by atoms with van der Waals surface area (Å²) in [4.78, 5) is 13.8. The van der Waals surface area contributed by atoms with Crippen molar-refractivity contribution in [3.63, 3.8) is 0 Å². The lowest BCUT2D eigenvalue weighted by Crippen LogP contribution is -2.10. The van der Waals surface area contributed by atoms with E-state index in [4.69, 9.17) is 15.7 Å². The Hall–Kier alpha value is -1.49. The fraction of sp³-hybridized carbons (Fsp3) is 0.562. The number of nitrogen functional groups attached to an aromatic ring is 1. The van der Waals surface area contributed by atoms with Crippen LogP contribution in [0.15, 0.2) is 11.4 Å². The monoisotopic (exact) mass is 302 g/mol. The normalized spacial score (nSPS) is 16.5. The van der Waals surface area contributed by atoms with Gasteiger partial charge in [0.05, 0.1) is 5.01 Å². The Morgan fingerprint density at radius 1 is 1.14 bits per heavy atom. The van der Waals surface area contributed by atoms with Gasteiger partial charge in [-0.05, 0) is 12.8 Å². The van der Waals surface area contributed by atoms with E-state index in [1.54, 1.807) is 11.3 Å². The van der Waals surface area contributed by atoms with Crippen LogP contribution in [0.1, 0.15) is 63.1 Å². The van der Waals surface area contributed by atoms with Crippen LogP contribution in [0.4, 0.5) is 5.82 Å². The van der Waals surface area contributed by atoms with Crippen molar-refractivity contribution in [2.24, 2.45) is 0 Å². The average Bonchev–Trinajstić information content (AvgIpc) is 3.09. The molecular weight excluding hydrogens is 280 g/mol. The van der Waals surface area contributed by atoms with Gasteiger partial charge in [-0.2, -0.15) is 0 Å². The topological polar surface area (TPSA) is 64.7 Å². The van der Waals surface area contributed by atoms with Crippen LogP contribution >= 0.6 is 11.3 Å². The Balaban J connectivity index is 1.96. The summed E-state index contributed by atoms with van der Waals surface area (Å²) in [5.74, 6) is 1.76. The molecule has 2 aromatic rings. The van der Waals surface area contributed by atoms with Gasteiger partial charge in [-0.1, -0.05) is 33.6 Å². The highest BCUT2D eigenvalue weighted by molar-refractivity contribution is 7.10. The lowest BCUT2D eigenvalue weighted by molar-refractivity contribution is 0.585. The summed E-state index contributed by atoms with van der Waals surface area (Å²) in [5.41, 5.74) is 7.96. The molecule has 21 heavy (non-hydrogen) atoms. The number of hydrogen-bond acceptors (Lipinski definition) is 5. The van der Waals surface area contributed by atoms with Gasteiger partial charge >= 0.3 is 0 Å². The molecule has 0 unspecified atom stereocenters. The van der Waals surface area contributed by atoms with Gasteiger partial charge in [0.1, 0.15) is 11.5 Å². The van der Waals surface area contributed by atoms with Crippen LogP contribution in [0.2, 0.25) is 0 Å². The summed E-state index contributed by atoms with van der Waals surface area (Å²) in [6.45, 7) is 6.50. The number of hydrogen-bond donors (Lipinski definition) is 1. The smallest absolute Gasteiger partial charge is 0.181 e. The maximum absolute atomic E-state index is 5.98. The zero-order valence-electron chi connectivity index (χ0n) is 12.9. The second kappa shape index (κ2) is 5.37. The van der Waals surface area contributed by atoms with Crippen molar-refractivity contribution >= 4 is 17.2 Å². The molecule has 0 saturated heterocycles. The quantitative estimate of drug-likeness (QED) is 0.905. The Morgan fingerprint density at radius 2 is 1.86 bits per heavy atom. The molecule has 4 nitrogen and oxygen atoms in total. The van der Waals surface area contributed by atoms with Gasteiger partial charge in [0.15, 0.2) is 5.82 Å². The Morgan fingerprint density at radius 3 is 2.48 bits per heavy atom. The first-order valence-electron chi connectivity index (χ1n) is 7.54. The highest BCUT2D eigenvalue weighted by Crippen LogP contribution is 2.35.